The van der Waals surface area contributed by atoms with Crippen LogP contribution < -0.4 is 10.9 Å². The second kappa shape index (κ2) is 7.25. The number of aliphatic hydroxyl groups excluding tert-OH is 1. The van der Waals surface area contributed by atoms with Crippen LogP contribution in [0.4, 0.5) is 0 Å². The molecular formula is C16H20N4O3S. The molecule has 1 amide bonds. The average Bonchev–Trinajstić information content (AvgIpc) is 2.95. The van der Waals surface area contributed by atoms with Crippen LogP contribution in [0.5, 0.6) is 0 Å². The van der Waals surface area contributed by atoms with Crippen LogP contribution in [0.25, 0.3) is 0 Å². The molecule has 1 aliphatic heterocycles. The van der Waals surface area contributed by atoms with Gasteiger partial charge in [-0.2, -0.15) is 0 Å². The highest BCUT2D eigenvalue weighted by molar-refractivity contribution is 7.09. The third-order valence-electron chi connectivity index (χ3n) is 4.10. The third kappa shape index (κ3) is 3.89. The highest BCUT2D eigenvalue weighted by atomic mass is 32.1. The normalized spacial score (nSPS) is 21.6. The molecule has 1 saturated heterocycles. The minimum absolute atomic E-state index is 0.0603. The molecule has 2 atom stereocenters. The molecule has 0 radical (unpaired) electrons. The van der Waals surface area contributed by atoms with E-state index in [1.165, 1.54) is 12.3 Å². The standard InChI is InChI=1S/C16H20N4O3S/c1-10-18-11(9-24-10)7-20-6-4-13(14(21)8-20)19-16(23)12-3-2-5-17-15(12)22/h2-3,5,9,13-14,21H,4,6-8H2,1H3,(H,17,22)(H,19,23)/t13-,14-/m1/s1. The number of likely N-dealkylation sites (tertiary alicyclic amines) is 1. The van der Waals surface area contributed by atoms with Gasteiger partial charge in [0.05, 0.1) is 22.8 Å². The van der Waals surface area contributed by atoms with E-state index in [0.717, 1.165) is 17.2 Å². The minimum atomic E-state index is -0.676. The van der Waals surface area contributed by atoms with Crippen molar-refractivity contribution in [2.75, 3.05) is 13.1 Å². The molecular weight excluding hydrogens is 328 g/mol. The van der Waals surface area contributed by atoms with Crippen molar-refractivity contribution in [1.29, 1.82) is 0 Å². The zero-order chi connectivity index (χ0) is 17.1. The van der Waals surface area contributed by atoms with Crippen molar-refractivity contribution < 1.29 is 9.90 Å². The SMILES string of the molecule is Cc1nc(CN2CC[C@@H](NC(=O)c3ccc[nH]c3=O)[C@H](O)C2)cs1. The Hall–Kier alpha value is -2.03. The largest absolute Gasteiger partial charge is 0.390 e. The van der Waals surface area contributed by atoms with Gasteiger partial charge in [0.2, 0.25) is 0 Å². The summed E-state index contributed by atoms with van der Waals surface area (Å²) in [5.41, 5.74) is 0.633. The fourth-order valence-corrected chi connectivity index (χ4v) is 3.47. The number of nitrogens with zero attached hydrogens (tertiary/aromatic N) is 2. The van der Waals surface area contributed by atoms with Crippen LogP contribution in [0.1, 0.15) is 27.5 Å². The van der Waals surface area contributed by atoms with Crippen LogP contribution in [0, 0.1) is 6.92 Å². The number of aromatic amines is 1. The van der Waals surface area contributed by atoms with Crippen molar-refractivity contribution >= 4 is 17.2 Å². The maximum Gasteiger partial charge on any atom is 0.260 e. The molecule has 0 aromatic carbocycles. The van der Waals surface area contributed by atoms with E-state index in [1.807, 2.05) is 12.3 Å². The molecule has 3 N–H and O–H groups in total. The first kappa shape index (κ1) is 16.8. The number of β-amino-alcohol motifs (C(OH)–C–C–N with tert-alkyl or cyclic N) is 1. The van der Waals surface area contributed by atoms with E-state index in [1.54, 1.807) is 17.4 Å². The Morgan fingerprint density at radius 2 is 2.42 bits per heavy atom. The molecule has 1 aliphatic rings. The lowest BCUT2D eigenvalue weighted by atomic mass is 10.0. The number of H-pyrrole nitrogens is 1. The number of thiazole rings is 1. The summed E-state index contributed by atoms with van der Waals surface area (Å²) in [5, 5.41) is 16.1. The van der Waals surface area contributed by atoms with Crippen LogP contribution >= 0.6 is 11.3 Å². The van der Waals surface area contributed by atoms with Crippen molar-refractivity contribution in [3.8, 4) is 0 Å². The van der Waals surface area contributed by atoms with Crippen molar-refractivity contribution in [1.82, 2.24) is 20.2 Å². The Morgan fingerprint density at radius 1 is 1.58 bits per heavy atom. The summed E-state index contributed by atoms with van der Waals surface area (Å²) in [6, 6.07) is 2.72. The number of amides is 1. The van der Waals surface area contributed by atoms with Crippen molar-refractivity contribution in [2.24, 2.45) is 0 Å². The van der Waals surface area contributed by atoms with Crippen LogP contribution in [-0.4, -0.2) is 51.1 Å². The third-order valence-corrected chi connectivity index (χ3v) is 4.92. The smallest absolute Gasteiger partial charge is 0.260 e. The fourth-order valence-electron chi connectivity index (χ4n) is 2.87. The van der Waals surface area contributed by atoms with E-state index in [2.05, 4.69) is 20.2 Å². The van der Waals surface area contributed by atoms with Gasteiger partial charge in [-0.05, 0) is 25.5 Å². The summed E-state index contributed by atoms with van der Waals surface area (Å²) >= 11 is 1.61. The topological polar surface area (TPSA) is 98.3 Å². The highest BCUT2D eigenvalue weighted by Gasteiger charge is 2.29. The number of hydrogen-bond donors (Lipinski definition) is 3. The predicted octanol–water partition coefficient (Wildman–Crippen LogP) is 0.505. The van der Waals surface area contributed by atoms with E-state index < -0.39 is 17.6 Å². The molecule has 3 rings (SSSR count). The fraction of sp³-hybridized carbons (Fsp3) is 0.438. The van der Waals surface area contributed by atoms with Gasteiger partial charge >= 0.3 is 0 Å². The molecule has 128 valence electrons. The maximum absolute atomic E-state index is 12.2. The molecule has 3 heterocycles. The van der Waals surface area contributed by atoms with Gasteiger partial charge in [0, 0.05) is 31.2 Å². The summed E-state index contributed by atoms with van der Waals surface area (Å²) < 4.78 is 0. The Bertz CT molecular complexity index is 772. The molecule has 2 aromatic heterocycles. The van der Waals surface area contributed by atoms with Crippen molar-refractivity contribution in [2.45, 2.75) is 32.0 Å². The lowest BCUT2D eigenvalue weighted by molar-refractivity contribution is 0.0345. The summed E-state index contributed by atoms with van der Waals surface area (Å²) in [6.07, 6.45) is 1.43. The first-order valence-corrected chi connectivity index (χ1v) is 8.71. The average molecular weight is 348 g/mol. The summed E-state index contributed by atoms with van der Waals surface area (Å²) in [5.74, 6) is -0.454. The van der Waals surface area contributed by atoms with Crippen molar-refractivity contribution in [3.05, 3.63) is 50.3 Å². The molecule has 0 spiro atoms. The van der Waals surface area contributed by atoms with Crippen LogP contribution in [-0.2, 0) is 6.54 Å². The molecule has 24 heavy (non-hydrogen) atoms. The Balaban J connectivity index is 1.57. The number of rotatable bonds is 4. The first-order chi connectivity index (χ1) is 11.5. The quantitative estimate of drug-likeness (QED) is 0.748. The van der Waals surface area contributed by atoms with Gasteiger partial charge in [0.1, 0.15) is 5.56 Å². The second-order valence-corrected chi connectivity index (χ2v) is 7.00. The summed E-state index contributed by atoms with van der Waals surface area (Å²) in [7, 11) is 0. The molecule has 8 heteroatoms. The molecule has 0 aliphatic carbocycles. The van der Waals surface area contributed by atoms with E-state index in [-0.39, 0.29) is 11.6 Å². The lowest BCUT2D eigenvalue weighted by Crippen LogP contribution is -2.54. The maximum atomic E-state index is 12.2. The van der Waals surface area contributed by atoms with Gasteiger partial charge in [-0.15, -0.1) is 11.3 Å². The molecule has 0 saturated carbocycles. The zero-order valence-corrected chi connectivity index (χ0v) is 14.2. The number of pyridine rings is 1. The minimum Gasteiger partial charge on any atom is -0.390 e. The number of carbonyl (C=O) groups excluding carboxylic acids is 1. The van der Waals surface area contributed by atoms with Gasteiger partial charge < -0.3 is 15.4 Å². The van der Waals surface area contributed by atoms with E-state index in [0.29, 0.717) is 19.5 Å². The number of aryl methyl sites for hydroxylation is 1. The van der Waals surface area contributed by atoms with Gasteiger partial charge in [-0.3, -0.25) is 14.5 Å². The summed E-state index contributed by atoms with van der Waals surface area (Å²) in [6.45, 7) is 3.88. The first-order valence-electron chi connectivity index (χ1n) is 7.83. The van der Waals surface area contributed by atoms with Crippen LogP contribution in [0.3, 0.4) is 0 Å². The number of hydrogen-bond acceptors (Lipinski definition) is 6. The van der Waals surface area contributed by atoms with E-state index >= 15 is 0 Å². The van der Waals surface area contributed by atoms with E-state index in [9.17, 15) is 14.7 Å². The number of aromatic nitrogens is 2. The monoisotopic (exact) mass is 348 g/mol. The molecule has 0 bridgehead atoms. The number of nitrogens with one attached hydrogen (secondary N) is 2. The lowest BCUT2D eigenvalue weighted by Gasteiger charge is -2.35. The second-order valence-electron chi connectivity index (χ2n) is 5.94. The number of aliphatic hydroxyl groups is 1. The number of carbonyl (C=O) groups is 1. The Morgan fingerprint density at radius 3 is 3.08 bits per heavy atom. The highest BCUT2D eigenvalue weighted by Crippen LogP contribution is 2.16. The molecule has 0 unspecified atom stereocenters. The van der Waals surface area contributed by atoms with Crippen LogP contribution in [0.15, 0.2) is 28.5 Å². The molecule has 2 aromatic rings. The summed E-state index contributed by atoms with van der Waals surface area (Å²) in [4.78, 5) is 32.9. The number of piperidine rings is 1. The van der Waals surface area contributed by atoms with Gasteiger partial charge in [-0.25, -0.2) is 4.98 Å². The molecule has 1 fully saturated rings. The van der Waals surface area contributed by atoms with Gasteiger partial charge in [0.15, 0.2) is 0 Å². The van der Waals surface area contributed by atoms with Crippen LogP contribution in [0.2, 0.25) is 0 Å². The Kier molecular flexibility index (Phi) is 5.08. The predicted molar refractivity (Wildman–Crippen MR) is 91.1 cm³/mol. The van der Waals surface area contributed by atoms with Crippen molar-refractivity contribution in [3.63, 3.8) is 0 Å². The molecule has 7 nitrogen and oxygen atoms in total. The zero-order valence-electron chi connectivity index (χ0n) is 13.4. The van der Waals surface area contributed by atoms with E-state index in [4.69, 9.17) is 0 Å². The van der Waals surface area contributed by atoms with Gasteiger partial charge in [-0.1, -0.05) is 0 Å². The van der Waals surface area contributed by atoms with Gasteiger partial charge in [0.25, 0.3) is 11.5 Å². The Labute approximate surface area is 143 Å².